The van der Waals surface area contributed by atoms with Crippen LogP contribution in [0.3, 0.4) is 0 Å². The summed E-state index contributed by atoms with van der Waals surface area (Å²) in [6.07, 6.45) is 1.51. The van der Waals surface area contributed by atoms with Crippen molar-refractivity contribution in [2.45, 2.75) is 37.1 Å². The smallest absolute Gasteiger partial charge is 0.384 e. The van der Waals surface area contributed by atoms with Crippen molar-refractivity contribution in [3.05, 3.63) is 24.0 Å². The van der Waals surface area contributed by atoms with E-state index < -0.39 is 26.1 Å². The van der Waals surface area contributed by atoms with E-state index in [2.05, 4.69) is 5.32 Å². The fourth-order valence-electron chi connectivity index (χ4n) is 1.72. The van der Waals surface area contributed by atoms with E-state index in [0.717, 1.165) is 18.6 Å². The van der Waals surface area contributed by atoms with Gasteiger partial charge in [0, 0.05) is 6.54 Å². The molecule has 0 aliphatic rings. The summed E-state index contributed by atoms with van der Waals surface area (Å²) < 4.78 is 73.7. The fourth-order valence-corrected chi connectivity index (χ4v) is 2.67. The molecule has 1 aromatic carbocycles. The summed E-state index contributed by atoms with van der Waals surface area (Å²) in [5.41, 5.74) is -5.70. The van der Waals surface area contributed by atoms with Gasteiger partial charge in [0.05, 0.1) is 5.69 Å². The minimum atomic E-state index is -5.59. The maximum Gasteiger partial charge on any atom is 0.501 e. The minimum Gasteiger partial charge on any atom is -0.384 e. The zero-order valence-corrected chi connectivity index (χ0v) is 12.5. The van der Waals surface area contributed by atoms with Crippen LogP contribution in [0.4, 0.5) is 23.2 Å². The van der Waals surface area contributed by atoms with Gasteiger partial charge in [0.25, 0.3) is 9.84 Å². The van der Waals surface area contributed by atoms with Gasteiger partial charge < -0.3 is 5.32 Å². The highest BCUT2D eigenvalue weighted by Crippen LogP contribution is 2.34. The van der Waals surface area contributed by atoms with Gasteiger partial charge in [0.2, 0.25) is 0 Å². The lowest BCUT2D eigenvalue weighted by Gasteiger charge is -2.14. The SMILES string of the molecule is CC(C)CCCNc1ccc(F)cc1S(=O)(=O)C(F)(F)F. The van der Waals surface area contributed by atoms with Crippen LogP contribution in [0.25, 0.3) is 0 Å². The average molecular weight is 327 g/mol. The number of rotatable bonds is 6. The van der Waals surface area contributed by atoms with Crippen molar-refractivity contribution in [3.8, 4) is 0 Å². The molecule has 0 spiro atoms. The first-order valence-corrected chi connectivity index (χ1v) is 7.89. The van der Waals surface area contributed by atoms with E-state index in [9.17, 15) is 26.0 Å². The Hall–Kier alpha value is -1.31. The number of benzene rings is 1. The molecule has 0 unspecified atom stereocenters. The molecule has 1 N–H and O–H groups in total. The highest BCUT2D eigenvalue weighted by atomic mass is 32.2. The lowest BCUT2D eigenvalue weighted by molar-refractivity contribution is -0.0435. The van der Waals surface area contributed by atoms with Crippen molar-refractivity contribution < 1.29 is 26.0 Å². The summed E-state index contributed by atoms with van der Waals surface area (Å²) in [6.45, 7) is 4.30. The number of sulfone groups is 1. The van der Waals surface area contributed by atoms with Crippen molar-refractivity contribution in [2.24, 2.45) is 5.92 Å². The molecule has 0 amide bonds. The van der Waals surface area contributed by atoms with Crippen LogP contribution in [0.5, 0.6) is 0 Å². The number of hydrogen-bond acceptors (Lipinski definition) is 3. The quantitative estimate of drug-likeness (QED) is 0.635. The van der Waals surface area contributed by atoms with Gasteiger partial charge >= 0.3 is 5.51 Å². The second-order valence-corrected chi connectivity index (χ2v) is 6.96. The van der Waals surface area contributed by atoms with Gasteiger partial charge in [-0.05, 0) is 37.0 Å². The van der Waals surface area contributed by atoms with Crippen LogP contribution in [0, 0.1) is 11.7 Å². The normalized spacial score (nSPS) is 12.7. The zero-order chi connectivity index (χ0) is 16.3. The molecule has 21 heavy (non-hydrogen) atoms. The lowest BCUT2D eigenvalue weighted by atomic mass is 10.1. The van der Waals surface area contributed by atoms with E-state index in [0.29, 0.717) is 24.9 Å². The van der Waals surface area contributed by atoms with Gasteiger partial charge in [-0.3, -0.25) is 0 Å². The standard InChI is InChI=1S/C13H17F4NO2S/c1-9(2)4-3-7-18-11-6-5-10(14)8-12(11)21(19,20)13(15,16)17/h5-6,8-9,18H,3-4,7H2,1-2H3. The predicted molar refractivity (Wildman–Crippen MR) is 72.2 cm³/mol. The van der Waals surface area contributed by atoms with Gasteiger partial charge in [0.1, 0.15) is 10.7 Å². The number of anilines is 1. The van der Waals surface area contributed by atoms with E-state index >= 15 is 0 Å². The van der Waals surface area contributed by atoms with Gasteiger partial charge in [-0.15, -0.1) is 0 Å². The minimum absolute atomic E-state index is 0.238. The summed E-state index contributed by atoms with van der Waals surface area (Å²) in [7, 11) is -5.59. The summed E-state index contributed by atoms with van der Waals surface area (Å²) in [5, 5.41) is 2.63. The van der Waals surface area contributed by atoms with E-state index in [1.54, 1.807) is 0 Å². The van der Waals surface area contributed by atoms with Gasteiger partial charge in [0.15, 0.2) is 0 Å². The van der Waals surface area contributed by atoms with Crippen LogP contribution >= 0.6 is 0 Å². The molecule has 0 aliphatic carbocycles. The topological polar surface area (TPSA) is 46.2 Å². The number of halogens is 4. The Morgan fingerprint density at radius 3 is 2.38 bits per heavy atom. The molecule has 0 bridgehead atoms. The Morgan fingerprint density at radius 1 is 1.24 bits per heavy atom. The van der Waals surface area contributed by atoms with Crippen LogP contribution in [0.1, 0.15) is 26.7 Å². The molecule has 0 aromatic heterocycles. The van der Waals surface area contributed by atoms with Crippen molar-refractivity contribution in [1.29, 1.82) is 0 Å². The maximum absolute atomic E-state index is 13.1. The van der Waals surface area contributed by atoms with E-state index in [4.69, 9.17) is 0 Å². The molecule has 3 nitrogen and oxygen atoms in total. The van der Waals surface area contributed by atoms with Crippen molar-refractivity contribution >= 4 is 15.5 Å². The number of nitrogens with one attached hydrogen (secondary N) is 1. The van der Waals surface area contributed by atoms with E-state index in [-0.39, 0.29) is 5.69 Å². The van der Waals surface area contributed by atoms with Crippen LogP contribution in [-0.2, 0) is 9.84 Å². The Bertz CT molecular complexity index is 582. The molecule has 1 aromatic rings. The zero-order valence-electron chi connectivity index (χ0n) is 11.7. The Kier molecular flexibility index (Phi) is 5.61. The van der Waals surface area contributed by atoms with Crippen molar-refractivity contribution in [1.82, 2.24) is 0 Å². The third kappa shape index (κ3) is 4.59. The predicted octanol–water partition coefficient (Wildman–Crippen LogP) is 3.97. The Labute approximate surface area is 121 Å². The average Bonchev–Trinajstić information content (AvgIpc) is 2.34. The maximum atomic E-state index is 13.1. The van der Waals surface area contributed by atoms with Crippen LogP contribution in [0.15, 0.2) is 23.1 Å². The summed E-state index contributed by atoms with van der Waals surface area (Å²) in [4.78, 5) is -1.08. The molecule has 0 atom stereocenters. The molecule has 0 heterocycles. The molecular weight excluding hydrogens is 310 g/mol. The highest BCUT2D eigenvalue weighted by molar-refractivity contribution is 7.92. The second kappa shape index (κ2) is 6.64. The largest absolute Gasteiger partial charge is 0.501 e. The Morgan fingerprint density at radius 2 is 1.86 bits per heavy atom. The Balaban J connectivity index is 3.01. The van der Waals surface area contributed by atoms with Crippen molar-refractivity contribution in [3.63, 3.8) is 0 Å². The monoisotopic (exact) mass is 327 g/mol. The molecule has 0 radical (unpaired) electrons. The molecule has 8 heteroatoms. The third-order valence-corrected chi connectivity index (χ3v) is 4.34. The molecule has 0 fully saturated rings. The van der Waals surface area contributed by atoms with Crippen LogP contribution in [0.2, 0.25) is 0 Å². The lowest BCUT2D eigenvalue weighted by Crippen LogP contribution is -2.24. The highest BCUT2D eigenvalue weighted by Gasteiger charge is 2.48. The molecular formula is C13H17F4NO2S. The molecule has 120 valence electrons. The van der Waals surface area contributed by atoms with Crippen LogP contribution in [-0.4, -0.2) is 20.5 Å². The third-order valence-electron chi connectivity index (χ3n) is 2.81. The van der Waals surface area contributed by atoms with Gasteiger partial charge in [-0.1, -0.05) is 13.8 Å². The summed E-state index contributed by atoms with van der Waals surface area (Å²) >= 11 is 0. The number of alkyl halides is 3. The second-order valence-electron chi connectivity index (χ2n) is 5.05. The fraction of sp³-hybridized carbons (Fsp3) is 0.538. The first-order chi connectivity index (χ1) is 9.55. The van der Waals surface area contributed by atoms with Gasteiger partial charge in [-0.25, -0.2) is 12.8 Å². The molecule has 1 rings (SSSR count). The first kappa shape index (κ1) is 17.7. The number of hydrogen-bond donors (Lipinski definition) is 1. The molecule has 0 saturated heterocycles. The molecule has 0 saturated carbocycles. The molecule has 0 aliphatic heterocycles. The van der Waals surface area contributed by atoms with Crippen molar-refractivity contribution in [2.75, 3.05) is 11.9 Å². The van der Waals surface area contributed by atoms with Gasteiger partial charge in [-0.2, -0.15) is 13.2 Å². The summed E-state index contributed by atoms with van der Waals surface area (Å²) in [5.74, 6) is -0.607. The first-order valence-electron chi connectivity index (χ1n) is 6.40. The van der Waals surface area contributed by atoms with E-state index in [1.165, 1.54) is 0 Å². The van der Waals surface area contributed by atoms with Crippen LogP contribution < -0.4 is 5.32 Å². The van der Waals surface area contributed by atoms with E-state index in [1.807, 2.05) is 13.8 Å². The summed E-state index contributed by atoms with van der Waals surface area (Å²) in [6, 6.07) is 2.30.